The molecule has 0 atom stereocenters. The molecule has 6 nitrogen and oxygen atoms in total. The van der Waals surface area contributed by atoms with Gasteiger partial charge in [0.2, 0.25) is 0 Å². The van der Waals surface area contributed by atoms with Gasteiger partial charge < -0.3 is 5.11 Å². The molecular weight excluding hydrogens is 248 g/mol. The molecule has 0 aliphatic rings. The summed E-state index contributed by atoms with van der Waals surface area (Å²) in [6, 6.07) is 4.61. The summed E-state index contributed by atoms with van der Waals surface area (Å²) in [5, 5.41) is 20.1. The van der Waals surface area contributed by atoms with Crippen LogP contribution in [0.5, 0.6) is 0 Å². The molecule has 0 aromatic heterocycles. The van der Waals surface area contributed by atoms with Gasteiger partial charge in [0.15, 0.2) is 0 Å². The fraction of sp³-hybridized carbons (Fsp3) is 0.462. The van der Waals surface area contributed by atoms with Gasteiger partial charge in [-0.05, 0) is 26.0 Å². The van der Waals surface area contributed by atoms with Gasteiger partial charge in [-0.25, -0.2) is 4.79 Å². The van der Waals surface area contributed by atoms with E-state index in [-0.39, 0.29) is 17.3 Å². The molecule has 19 heavy (non-hydrogen) atoms. The largest absolute Gasteiger partial charge is 0.477 e. The first-order chi connectivity index (χ1) is 8.88. The SMILES string of the molecule is CCN(Cc1cccc([N+](=O)[O-])c1C(=O)O)C(C)C. The Morgan fingerprint density at radius 3 is 2.53 bits per heavy atom. The second-order valence-corrected chi connectivity index (χ2v) is 4.53. The Morgan fingerprint density at radius 1 is 1.47 bits per heavy atom. The molecule has 0 aliphatic heterocycles. The maximum atomic E-state index is 11.3. The van der Waals surface area contributed by atoms with Crippen molar-refractivity contribution in [3.63, 3.8) is 0 Å². The molecule has 1 N–H and O–H groups in total. The van der Waals surface area contributed by atoms with Gasteiger partial charge in [0, 0.05) is 18.7 Å². The Bertz CT molecular complexity index is 486. The number of nitrogens with zero attached hydrogens (tertiary/aromatic N) is 2. The summed E-state index contributed by atoms with van der Waals surface area (Å²) in [7, 11) is 0. The van der Waals surface area contributed by atoms with Crippen LogP contribution in [0.15, 0.2) is 18.2 Å². The average molecular weight is 266 g/mol. The monoisotopic (exact) mass is 266 g/mol. The highest BCUT2D eigenvalue weighted by molar-refractivity contribution is 5.94. The number of carboxylic acids is 1. The van der Waals surface area contributed by atoms with Crippen LogP contribution >= 0.6 is 0 Å². The topological polar surface area (TPSA) is 83.7 Å². The van der Waals surface area contributed by atoms with Crippen molar-refractivity contribution in [2.24, 2.45) is 0 Å². The molecule has 0 saturated carbocycles. The van der Waals surface area contributed by atoms with Gasteiger partial charge in [0.05, 0.1) is 4.92 Å². The maximum Gasteiger partial charge on any atom is 0.343 e. The molecule has 104 valence electrons. The minimum atomic E-state index is -1.26. The zero-order valence-corrected chi connectivity index (χ0v) is 11.3. The van der Waals surface area contributed by atoms with Crippen LogP contribution in [0.1, 0.15) is 36.7 Å². The van der Waals surface area contributed by atoms with E-state index in [1.165, 1.54) is 12.1 Å². The Kier molecular flexibility index (Phi) is 5.00. The van der Waals surface area contributed by atoms with Crippen molar-refractivity contribution < 1.29 is 14.8 Å². The molecule has 0 amide bonds. The van der Waals surface area contributed by atoms with E-state index in [1.807, 2.05) is 25.7 Å². The van der Waals surface area contributed by atoms with Crippen molar-refractivity contribution >= 4 is 11.7 Å². The van der Waals surface area contributed by atoms with Gasteiger partial charge in [-0.2, -0.15) is 0 Å². The van der Waals surface area contributed by atoms with Crippen LogP contribution in [0.3, 0.4) is 0 Å². The van der Waals surface area contributed by atoms with Crippen molar-refractivity contribution in [1.29, 1.82) is 0 Å². The number of nitro benzene ring substituents is 1. The van der Waals surface area contributed by atoms with E-state index in [2.05, 4.69) is 0 Å². The highest BCUT2D eigenvalue weighted by Gasteiger charge is 2.24. The van der Waals surface area contributed by atoms with E-state index in [1.54, 1.807) is 6.07 Å². The van der Waals surface area contributed by atoms with Gasteiger partial charge in [-0.1, -0.05) is 19.1 Å². The first-order valence-electron chi connectivity index (χ1n) is 6.12. The van der Waals surface area contributed by atoms with Crippen LogP contribution in [0, 0.1) is 10.1 Å². The predicted octanol–water partition coefficient (Wildman–Crippen LogP) is 2.52. The summed E-state index contributed by atoms with van der Waals surface area (Å²) in [5.74, 6) is -1.26. The van der Waals surface area contributed by atoms with Gasteiger partial charge >= 0.3 is 5.97 Å². The van der Waals surface area contributed by atoms with Gasteiger partial charge in [-0.15, -0.1) is 0 Å². The number of aromatic carboxylic acids is 1. The van der Waals surface area contributed by atoms with E-state index < -0.39 is 10.9 Å². The minimum absolute atomic E-state index is 0.216. The van der Waals surface area contributed by atoms with E-state index in [0.29, 0.717) is 12.1 Å². The highest BCUT2D eigenvalue weighted by atomic mass is 16.6. The number of benzene rings is 1. The second-order valence-electron chi connectivity index (χ2n) is 4.53. The molecule has 0 heterocycles. The summed E-state index contributed by atoms with van der Waals surface area (Å²) < 4.78 is 0. The van der Waals surface area contributed by atoms with Crippen LogP contribution in [-0.4, -0.2) is 33.5 Å². The Labute approximate surface area is 111 Å². The predicted molar refractivity (Wildman–Crippen MR) is 71.3 cm³/mol. The van der Waals surface area contributed by atoms with Crippen LogP contribution < -0.4 is 0 Å². The first kappa shape index (κ1) is 15.1. The van der Waals surface area contributed by atoms with Crippen molar-refractivity contribution in [2.75, 3.05) is 6.54 Å². The van der Waals surface area contributed by atoms with Crippen LogP contribution in [0.2, 0.25) is 0 Å². The number of carbonyl (C=O) groups is 1. The fourth-order valence-electron chi connectivity index (χ4n) is 2.00. The lowest BCUT2D eigenvalue weighted by Crippen LogP contribution is -2.30. The lowest BCUT2D eigenvalue weighted by atomic mass is 10.0. The summed E-state index contributed by atoms with van der Waals surface area (Å²) in [5.41, 5.74) is -0.103. The van der Waals surface area contributed by atoms with E-state index in [9.17, 15) is 20.0 Å². The average Bonchev–Trinajstić information content (AvgIpc) is 2.34. The minimum Gasteiger partial charge on any atom is -0.477 e. The van der Waals surface area contributed by atoms with Gasteiger partial charge in [-0.3, -0.25) is 15.0 Å². The molecule has 0 bridgehead atoms. The number of nitro groups is 1. The zero-order valence-electron chi connectivity index (χ0n) is 11.3. The first-order valence-corrected chi connectivity index (χ1v) is 6.12. The number of hydrogen-bond donors (Lipinski definition) is 1. The Hall–Kier alpha value is -1.95. The zero-order chi connectivity index (χ0) is 14.6. The number of hydrogen-bond acceptors (Lipinski definition) is 4. The smallest absolute Gasteiger partial charge is 0.343 e. The number of rotatable bonds is 6. The third-order valence-electron chi connectivity index (χ3n) is 3.05. The van der Waals surface area contributed by atoms with Gasteiger partial charge in [0.25, 0.3) is 5.69 Å². The third kappa shape index (κ3) is 3.51. The molecular formula is C13H18N2O4. The van der Waals surface area contributed by atoms with E-state index >= 15 is 0 Å². The van der Waals surface area contributed by atoms with E-state index in [0.717, 1.165) is 6.54 Å². The highest BCUT2D eigenvalue weighted by Crippen LogP contribution is 2.24. The molecule has 6 heteroatoms. The van der Waals surface area contributed by atoms with Crippen molar-refractivity contribution in [1.82, 2.24) is 4.90 Å². The van der Waals surface area contributed by atoms with Crippen molar-refractivity contribution in [3.8, 4) is 0 Å². The molecule has 0 spiro atoms. The molecule has 0 unspecified atom stereocenters. The fourth-order valence-corrected chi connectivity index (χ4v) is 2.00. The molecule has 0 fully saturated rings. The second kappa shape index (κ2) is 6.29. The Balaban J connectivity index is 3.24. The van der Waals surface area contributed by atoms with Crippen LogP contribution in [-0.2, 0) is 6.54 Å². The summed E-state index contributed by atoms with van der Waals surface area (Å²) >= 11 is 0. The normalized spacial score (nSPS) is 11.0. The summed E-state index contributed by atoms with van der Waals surface area (Å²) in [6.07, 6.45) is 0. The lowest BCUT2D eigenvalue weighted by molar-refractivity contribution is -0.385. The van der Waals surface area contributed by atoms with E-state index in [4.69, 9.17) is 0 Å². The molecule has 0 aliphatic carbocycles. The third-order valence-corrected chi connectivity index (χ3v) is 3.05. The Morgan fingerprint density at radius 2 is 2.11 bits per heavy atom. The molecule has 0 radical (unpaired) electrons. The molecule has 1 rings (SSSR count). The summed E-state index contributed by atoms with van der Waals surface area (Å²) in [4.78, 5) is 23.6. The molecule has 0 saturated heterocycles. The maximum absolute atomic E-state index is 11.3. The molecule has 1 aromatic rings. The van der Waals surface area contributed by atoms with Crippen molar-refractivity contribution in [3.05, 3.63) is 39.4 Å². The lowest BCUT2D eigenvalue weighted by Gasteiger charge is -2.25. The summed E-state index contributed by atoms with van der Waals surface area (Å²) in [6.45, 7) is 7.11. The standard InChI is InChI=1S/C13H18N2O4/c1-4-14(9(2)3)8-10-6-5-7-11(15(18)19)12(10)13(16)17/h5-7,9H,4,8H2,1-3H3,(H,16,17). The number of carboxylic acid groups (broad SMARTS) is 1. The van der Waals surface area contributed by atoms with Crippen molar-refractivity contribution in [2.45, 2.75) is 33.4 Å². The quantitative estimate of drug-likeness (QED) is 0.631. The van der Waals surface area contributed by atoms with Crippen LogP contribution in [0.4, 0.5) is 5.69 Å². The van der Waals surface area contributed by atoms with Crippen LogP contribution in [0.25, 0.3) is 0 Å². The van der Waals surface area contributed by atoms with Gasteiger partial charge in [0.1, 0.15) is 5.56 Å². The molecule has 1 aromatic carbocycles.